The van der Waals surface area contributed by atoms with Crippen LogP contribution in [-0.4, -0.2) is 35.2 Å². The summed E-state index contributed by atoms with van der Waals surface area (Å²) in [4.78, 5) is 18.2. The third kappa shape index (κ3) is 2.32. The lowest BCUT2D eigenvalue weighted by molar-refractivity contribution is -0.135. The topological polar surface area (TPSA) is 45.9 Å². The average molecular weight is 303 g/mol. The van der Waals surface area contributed by atoms with Gasteiger partial charge in [0.2, 0.25) is 5.60 Å². The van der Waals surface area contributed by atoms with Crippen LogP contribution in [0.5, 0.6) is 5.75 Å². The molecule has 3 rings (SSSR count). The quantitative estimate of drug-likeness (QED) is 0.807. The van der Waals surface area contributed by atoms with E-state index in [0.717, 1.165) is 0 Å². The summed E-state index contributed by atoms with van der Waals surface area (Å²) in [5.74, 6) is -0.0863. The van der Waals surface area contributed by atoms with Gasteiger partial charge < -0.3 is 10.1 Å². The summed E-state index contributed by atoms with van der Waals surface area (Å²) >= 11 is 0. The molecule has 0 aromatic heterocycles. The minimum atomic E-state index is -1.08. The Balaban J connectivity index is 1.98. The minimum Gasteiger partial charge on any atom is -0.475 e. The highest BCUT2D eigenvalue weighted by molar-refractivity contribution is 5.87. The Bertz CT molecular complexity index is 655. The van der Waals surface area contributed by atoms with Crippen molar-refractivity contribution in [1.82, 2.24) is 10.2 Å². The average Bonchev–Trinajstić information content (AvgIpc) is 2.81. The molecule has 1 aromatic carbocycles. The number of fused-ring (bicyclic) bond motifs is 1. The van der Waals surface area contributed by atoms with Crippen molar-refractivity contribution in [2.24, 2.45) is 0 Å². The molecule has 1 fully saturated rings. The number of nitrogens with one attached hydrogen (secondary N) is 1. The van der Waals surface area contributed by atoms with E-state index in [4.69, 9.17) is 11.3 Å². The first-order valence-electron chi connectivity index (χ1n) is 7.33. The van der Waals surface area contributed by atoms with Crippen LogP contribution in [0.15, 0.2) is 18.2 Å². The predicted molar refractivity (Wildman–Crippen MR) is 78.5 cm³/mol. The van der Waals surface area contributed by atoms with Crippen LogP contribution < -0.4 is 10.1 Å². The third-order valence-corrected chi connectivity index (χ3v) is 4.33. The molecule has 2 heterocycles. The van der Waals surface area contributed by atoms with E-state index in [1.807, 2.05) is 18.7 Å². The highest BCUT2D eigenvalue weighted by atomic mass is 19.1. The molecule has 2 aliphatic heterocycles. The van der Waals surface area contributed by atoms with Gasteiger partial charge in [-0.25, -0.2) is 15.9 Å². The number of hydrogen-bond acceptors (Lipinski definition) is 3. The van der Waals surface area contributed by atoms with Crippen LogP contribution in [0.2, 0.25) is 0 Å². The Kier molecular flexibility index (Phi) is 3.53. The molecule has 0 radical (unpaired) electrons. The van der Waals surface area contributed by atoms with Gasteiger partial charge in [0.05, 0.1) is 13.0 Å². The van der Waals surface area contributed by atoms with Crippen LogP contribution in [0.1, 0.15) is 25.8 Å². The van der Waals surface area contributed by atoms with Gasteiger partial charge in [0.25, 0.3) is 12.1 Å². The summed E-state index contributed by atoms with van der Waals surface area (Å²) in [6, 6.07) is 4.39. The van der Waals surface area contributed by atoms with Gasteiger partial charge in [0, 0.05) is 18.2 Å². The molecule has 22 heavy (non-hydrogen) atoms. The zero-order valence-corrected chi connectivity index (χ0v) is 12.6. The number of ether oxygens (including phenoxy) is 1. The fourth-order valence-electron chi connectivity index (χ4n) is 3.14. The van der Waals surface area contributed by atoms with Gasteiger partial charge in [-0.2, -0.15) is 0 Å². The van der Waals surface area contributed by atoms with Crippen LogP contribution in [-0.2, 0) is 11.3 Å². The summed E-state index contributed by atoms with van der Waals surface area (Å²) in [5.41, 5.74) is -0.463. The molecule has 2 atom stereocenters. The second kappa shape index (κ2) is 5.25. The van der Waals surface area contributed by atoms with Gasteiger partial charge in [-0.1, -0.05) is 0 Å². The third-order valence-electron chi connectivity index (χ3n) is 4.33. The molecule has 2 aliphatic rings. The second-order valence-electron chi connectivity index (χ2n) is 6.11. The van der Waals surface area contributed by atoms with Crippen LogP contribution >= 0.6 is 0 Å². The molecule has 1 spiro atoms. The molecule has 0 saturated carbocycles. The minimum absolute atomic E-state index is 0.144. The molecule has 0 bridgehead atoms. The maximum atomic E-state index is 13.4. The molecule has 1 N–H and O–H groups in total. The molecule has 1 aromatic rings. The highest BCUT2D eigenvalue weighted by Gasteiger charge is 2.56. The lowest BCUT2D eigenvalue weighted by Crippen LogP contribution is -2.52. The van der Waals surface area contributed by atoms with E-state index in [1.54, 1.807) is 6.07 Å². The number of halogens is 1. The molecular weight excluding hydrogens is 285 g/mol. The predicted octanol–water partition coefficient (Wildman–Crippen LogP) is 1.93. The molecule has 0 unspecified atom stereocenters. The number of benzene rings is 1. The molecule has 116 valence electrons. The monoisotopic (exact) mass is 303 g/mol. The summed E-state index contributed by atoms with van der Waals surface area (Å²) in [6.07, 6.45) is -0.0649. The Morgan fingerprint density at radius 3 is 2.95 bits per heavy atom. The first-order chi connectivity index (χ1) is 10.4. The Morgan fingerprint density at radius 2 is 2.32 bits per heavy atom. The Hall–Kier alpha value is -2.13. The van der Waals surface area contributed by atoms with E-state index in [1.165, 1.54) is 12.1 Å². The molecular formula is C16H18FN3O2. The van der Waals surface area contributed by atoms with Crippen molar-refractivity contribution in [3.63, 3.8) is 0 Å². The lowest BCUT2D eigenvalue weighted by Gasteiger charge is -2.27. The number of rotatable bonds is 1. The number of amides is 1. The van der Waals surface area contributed by atoms with Crippen LogP contribution in [0.3, 0.4) is 0 Å². The van der Waals surface area contributed by atoms with Crippen LogP contribution in [0.4, 0.5) is 4.39 Å². The van der Waals surface area contributed by atoms with E-state index in [-0.39, 0.29) is 30.5 Å². The number of carbonyl (C=O) groups excluding carboxylic acids is 1. The summed E-state index contributed by atoms with van der Waals surface area (Å²) in [6.45, 7) is 12.0. The Morgan fingerprint density at radius 1 is 1.55 bits per heavy atom. The van der Waals surface area contributed by atoms with E-state index < -0.39 is 5.60 Å². The van der Waals surface area contributed by atoms with Crippen molar-refractivity contribution < 1.29 is 13.9 Å². The van der Waals surface area contributed by atoms with Crippen molar-refractivity contribution in [2.45, 2.75) is 44.6 Å². The van der Waals surface area contributed by atoms with Crippen molar-refractivity contribution in [2.75, 3.05) is 6.54 Å². The largest absolute Gasteiger partial charge is 0.475 e. The number of carbonyl (C=O) groups is 1. The SMILES string of the molecule is [C-]#[N+][C@@H]1C[C@]2(CN1C(C)C)Oc1ccc(F)cc1CNC2=O. The molecule has 0 aliphatic carbocycles. The van der Waals surface area contributed by atoms with E-state index >= 15 is 0 Å². The summed E-state index contributed by atoms with van der Waals surface area (Å²) in [7, 11) is 0. The van der Waals surface area contributed by atoms with Gasteiger partial charge in [0.15, 0.2) is 0 Å². The van der Waals surface area contributed by atoms with Gasteiger partial charge in [0.1, 0.15) is 11.6 Å². The van der Waals surface area contributed by atoms with Crippen LogP contribution in [0.25, 0.3) is 4.85 Å². The lowest BCUT2D eigenvalue weighted by atomic mass is 10.0. The number of likely N-dealkylation sites (tertiary alicyclic amines) is 1. The Labute approximate surface area is 128 Å². The zero-order chi connectivity index (χ0) is 15.9. The summed E-state index contributed by atoms with van der Waals surface area (Å²) < 4.78 is 19.4. The first kappa shape index (κ1) is 14.8. The van der Waals surface area contributed by atoms with E-state index in [2.05, 4.69) is 10.2 Å². The standard InChI is InChI=1S/C16H18FN3O2/c1-10(2)20-9-16(7-14(20)18-3)15(21)19-8-11-6-12(17)4-5-13(11)22-16/h4-6,10,14H,7-9H2,1-2H3,(H,19,21)/t14-,16+/m0/s1. The van der Waals surface area contributed by atoms with Gasteiger partial charge >= 0.3 is 0 Å². The van der Waals surface area contributed by atoms with Crippen molar-refractivity contribution >= 4 is 5.91 Å². The number of hydrogen-bond donors (Lipinski definition) is 1. The maximum absolute atomic E-state index is 13.4. The molecule has 1 saturated heterocycles. The fraction of sp³-hybridized carbons (Fsp3) is 0.500. The maximum Gasteiger partial charge on any atom is 0.284 e. The number of nitrogens with zero attached hydrogens (tertiary/aromatic N) is 2. The molecule has 5 nitrogen and oxygen atoms in total. The van der Waals surface area contributed by atoms with Crippen molar-refractivity contribution in [3.8, 4) is 5.75 Å². The zero-order valence-electron chi connectivity index (χ0n) is 12.6. The highest BCUT2D eigenvalue weighted by Crippen LogP contribution is 2.37. The smallest absolute Gasteiger partial charge is 0.284 e. The first-order valence-corrected chi connectivity index (χ1v) is 7.33. The normalized spacial score (nSPS) is 28.0. The molecule has 6 heteroatoms. The van der Waals surface area contributed by atoms with Crippen molar-refractivity contribution in [3.05, 3.63) is 41.0 Å². The van der Waals surface area contributed by atoms with Crippen LogP contribution in [0, 0.1) is 12.4 Å². The summed E-state index contributed by atoms with van der Waals surface area (Å²) in [5, 5.41) is 2.80. The van der Waals surface area contributed by atoms with Gasteiger partial charge in [-0.05, 0) is 32.0 Å². The van der Waals surface area contributed by atoms with E-state index in [0.29, 0.717) is 24.3 Å². The van der Waals surface area contributed by atoms with Gasteiger partial charge in [-0.3, -0.25) is 9.64 Å². The van der Waals surface area contributed by atoms with Crippen molar-refractivity contribution in [1.29, 1.82) is 0 Å². The van der Waals surface area contributed by atoms with E-state index in [9.17, 15) is 9.18 Å². The fourth-order valence-corrected chi connectivity index (χ4v) is 3.14. The second-order valence-corrected chi connectivity index (χ2v) is 6.11. The molecule has 1 amide bonds. The van der Waals surface area contributed by atoms with Gasteiger partial charge in [-0.15, -0.1) is 0 Å².